The highest BCUT2D eigenvalue weighted by atomic mass is 16.5. The van der Waals surface area contributed by atoms with Crippen LogP contribution < -0.4 is 4.74 Å². The van der Waals surface area contributed by atoms with Crippen LogP contribution in [0, 0.1) is 0 Å². The van der Waals surface area contributed by atoms with Crippen molar-refractivity contribution in [3.63, 3.8) is 0 Å². The van der Waals surface area contributed by atoms with Crippen molar-refractivity contribution < 1.29 is 19.0 Å². The molecular weight excluding hydrogens is 394 g/mol. The molecule has 2 saturated heterocycles. The first-order valence-electron chi connectivity index (χ1n) is 11.1. The minimum atomic E-state index is 0.00346. The van der Waals surface area contributed by atoms with E-state index >= 15 is 0 Å². The lowest BCUT2D eigenvalue weighted by atomic mass is 10.1. The lowest BCUT2D eigenvalue weighted by molar-refractivity contribution is 0.0322. The minimum absolute atomic E-state index is 0.00346. The molecule has 1 atom stereocenters. The Hall–Kier alpha value is -2.48. The van der Waals surface area contributed by atoms with Crippen molar-refractivity contribution in [2.24, 2.45) is 0 Å². The van der Waals surface area contributed by atoms with Crippen LogP contribution in [0.3, 0.4) is 0 Å². The third kappa shape index (κ3) is 6.50. The number of pyridine rings is 1. The van der Waals surface area contributed by atoms with E-state index in [-0.39, 0.29) is 12.0 Å². The first kappa shape index (κ1) is 21.7. The van der Waals surface area contributed by atoms with E-state index in [1.807, 2.05) is 29.2 Å². The maximum absolute atomic E-state index is 13.1. The summed E-state index contributed by atoms with van der Waals surface area (Å²) >= 11 is 0. The normalized spacial score (nSPS) is 19.3. The van der Waals surface area contributed by atoms with Crippen molar-refractivity contribution >= 4 is 5.91 Å². The Bertz CT molecular complexity index is 803. The molecule has 0 radical (unpaired) electrons. The van der Waals surface area contributed by atoms with Crippen molar-refractivity contribution in [2.45, 2.75) is 25.5 Å². The molecule has 1 amide bonds. The van der Waals surface area contributed by atoms with Gasteiger partial charge in [-0.05, 0) is 42.7 Å². The molecule has 2 aromatic rings. The van der Waals surface area contributed by atoms with Gasteiger partial charge in [-0.3, -0.25) is 14.7 Å². The number of aromatic nitrogens is 1. The maximum atomic E-state index is 13.1. The van der Waals surface area contributed by atoms with Crippen molar-refractivity contribution in [1.82, 2.24) is 14.8 Å². The van der Waals surface area contributed by atoms with Gasteiger partial charge in [0.05, 0.1) is 19.3 Å². The SMILES string of the molecule is O=C(c1ccncc1)N(Cc1ccc(OCCN2CCOCC2)cc1)CC1CCCO1. The summed E-state index contributed by atoms with van der Waals surface area (Å²) in [5.41, 5.74) is 1.72. The quantitative estimate of drug-likeness (QED) is 0.615. The number of benzene rings is 1. The maximum Gasteiger partial charge on any atom is 0.254 e. The van der Waals surface area contributed by atoms with E-state index < -0.39 is 0 Å². The fraction of sp³-hybridized carbons (Fsp3) is 0.500. The van der Waals surface area contributed by atoms with E-state index in [2.05, 4.69) is 9.88 Å². The van der Waals surface area contributed by atoms with Gasteiger partial charge in [0, 0.05) is 57.3 Å². The molecule has 1 aromatic heterocycles. The lowest BCUT2D eigenvalue weighted by Crippen LogP contribution is -2.38. The molecular formula is C24H31N3O4. The summed E-state index contributed by atoms with van der Waals surface area (Å²) in [4.78, 5) is 21.3. The van der Waals surface area contributed by atoms with E-state index in [9.17, 15) is 4.79 Å². The van der Waals surface area contributed by atoms with Gasteiger partial charge in [-0.25, -0.2) is 0 Å². The van der Waals surface area contributed by atoms with Gasteiger partial charge in [-0.1, -0.05) is 12.1 Å². The van der Waals surface area contributed by atoms with Gasteiger partial charge in [0.2, 0.25) is 0 Å². The fourth-order valence-electron chi connectivity index (χ4n) is 3.96. The highest BCUT2D eigenvalue weighted by molar-refractivity contribution is 5.94. The van der Waals surface area contributed by atoms with Crippen LogP contribution >= 0.6 is 0 Å². The Morgan fingerprint density at radius 1 is 1.10 bits per heavy atom. The van der Waals surface area contributed by atoms with Gasteiger partial charge in [-0.15, -0.1) is 0 Å². The zero-order valence-corrected chi connectivity index (χ0v) is 17.9. The highest BCUT2D eigenvalue weighted by Gasteiger charge is 2.23. The number of amides is 1. The van der Waals surface area contributed by atoms with E-state index in [0.717, 1.165) is 63.6 Å². The molecule has 7 heteroatoms. The van der Waals surface area contributed by atoms with Crippen LogP contribution in [0.4, 0.5) is 0 Å². The van der Waals surface area contributed by atoms with Crippen LogP contribution in [0.5, 0.6) is 5.75 Å². The molecule has 1 unspecified atom stereocenters. The van der Waals surface area contributed by atoms with Crippen LogP contribution in [0.25, 0.3) is 0 Å². The molecule has 31 heavy (non-hydrogen) atoms. The molecule has 2 aliphatic heterocycles. The van der Waals surface area contributed by atoms with Crippen LogP contribution in [0.15, 0.2) is 48.8 Å². The molecule has 0 N–H and O–H groups in total. The summed E-state index contributed by atoms with van der Waals surface area (Å²) in [5, 5.41) is 0. The monoisotopic (exact) mass is 425 g/mol. The zero-order chi connectivity index (χ0) is 21.3. The molecule has 0 saturated carbocycles. The first-order valence-corrected chi connectivity index (χ1v) is 11.1. The van der Waals surface area contributed by atoms with Gasteiger partial charge >= 0.3 is 0 Å². The number of hydrogen-bond donors (Lipinski definition) is 0. The molecule has 166 valence electrons. The third-order valence-corrected chi connectivity index (χ3v) is 5.74. The molecule has 3 heterocycles. The zero-order valence-electron chi connectivity index (χ0n) is 17.9. The Morgan fingerprint density at radius 3 is 2.58 bits per heavy atom. The first-order chi connectivity index (χ1) is 15.3. The van der Waals surface area contributed by atoms with E-state index in [4.69, 9.17) is 14.2 Å². The predicted octanol–water partition coefficient (Wildman–Crippen LogP) is 2.61. The van der Waals surface area contributed by atoms with Crippen LogP contribution in [0.2, 0.25) is 0 Å². The smallest absolute Gasteiger partial charge is 0.254 e. The van der Waals surface area contributed by atoms with Crippen molar-refractivity contribution in [2.75, 3.05) is 52.6 Å². The van der Waals surface area contributed by atoms with Gasteiger partial charge < -0.3 is 19.1 Å². The second-order valence-electron chi connectivity index (χ2n) is 8.00. The Balaban J connectivity index is 1.33. The molecule has 2 aliphatic rings. The Labute approximate surface area is 183 Å². The van der Waals surface area contributed by atoms with E-state index in [1.54, 1.807) is 24.5 Å². The molecule has 4 rings (SSSR count). The predicted molar refractivity (Wildman–Crippen MR) is 117 cm³/mol. The highest BCUT2D eigenvalue weighted by Crippen LogP contribution is 2.19. The van der Waals surface area contributed by atoms with E-state index in [0.29, 0.717) is 25.3 Å². The Kier molecular flexibility index (Phi) is 7.87. The van der Waals surface area contributed by atoms with Gasteiger partial charge in [-0.2, -0.15) is 0 Å². The number of carbonyl (C=O) groups is 1. The summed E-state index contributed by atoms with van der Waals surface area (Å²) in [5.74, 6) is 0.854. The third-order valence-electron chi connectivity index (χ3n) is 5.74. The van der Waals surface area contributed by atoms with Crippen molar-refractivity contribution in [3.05, 3.63) is 59.9 Å². The number of nitrogens with zero attached hydrogens (tertiary/aromatic N) is 3. The number of hydrogen-bond acceptors (Lipinski definition) is 6. The summed E-state index contributed by atoms with van der Waals surface area (Å²) in [6.07, 6.45) is 5.46. The van der Waals surface area contributed by atoms with Crippen LogP contribution in [0.1, 0.15) is 28.8 Å². The van der Waals surface area contributed by atoms with Crippen molar-refractivity contribution in [1.29, 1.82) is 0 Å². The largest absolute Gasteiger partial charge is 0.492 e. The number of rotatable bonds is 9. The summed E-state index contributed by atoms with van der Waals surface area (Å²) in [6.45, 7) is 7.01. The number of carbonyl (C=O) groups excluding carboxylic acids is 1. The molecule has 7 nitrogen and oxygen atoms in total. The molecule has 1 aromatic carbocycles. The van der Waals surface area contributed by atoms with E-state index in [1.165, 1.54) is 0 Å². The second-order valence-corrected chi connectivity index (χ2v) is 8.00. The average Bonchev–Trinajstić information content (AvgIpc) is 3.34. The summed E-state index contributed by atoms with van der Waals surface area (Å²) < 4.78 is 17.1. The molecule has 0 spiro atoms. The summed E-state index contributed by atoms with van der Waals surface area (Å²) in [6, 6.07) is 11.6. The molecule has 0 aliphatic carbocycles. The second kappa shape index (κ2) is 11.2. The fourth-order valence-corrected chi connectivity index (χ4v) is 3.96. The average molecular weight is 426 g/mol. The topological polar surface area (TPSA) is 64.1 Å². The minimum Gasteiger partial charge on any atom is -0.492 e. The van der Waals surface area contributed by atoms with Crippen LogP contribution in [-0.4, -0.2) is 79.4 Å². The van der Waals surface area contributed by atoms with Crippen molar-refractivity contribution in [3.8, 4) is 5.75 Å². The molecule has 0 bridgehead atoms. The lowest BCUT2D eigenvalue weighted by Gasteiger charge is -2.26. The Morgan fingerprint density at radius 2 is 1.87 bits per heavy atom. The van der Waals surface area contributed by atoms with Crippen LogP contribution in [-0.2, 0) is 16.0 Å². The molecule has 2 fully saturated rings. The van der Waals surface area contributed by atoms with Gasteiger partial charge in [0.1, 0.15) is 12.4 Å². The summed E-state index contributed by atoms with van der Waals surface area (Å²) in [7, 11) is 0. The van der Waals surface area contributed by atoms with Gasteiger partial charge in [0.25, 0.3) is 5.91 Å². The standard InChI is InChI=1S/C24H31N3O4/c28-24(21-7-9-25-10-8-21)27(19-23-2-1-14-30-23)18-20-3-5-22(6-4-20)31-17-13-26-11-15-29-16-12-26/h3-10,23H,1-2,11-19H2. The number of ether oxygens (including phenoxy) is 3. The van der Waals surface area contributed by atoms with Gasteiger partial charge in [0.15, 0.2) is 0 Å². The number of morpholine rings is 1.